The number of rotatable bonds is 3. The van der Waals surface area contributed by atoms with Crippen LogP contribution in [0.2, 0.25) is 0 Å². The number of benzene rings is 1. The second-order valence-electron chi connectivity index (χ2n) is 4.11. The van der Waals surface area contributed by atoms with Gasteiger partial charge in [0.25, 0.3) is 0 Å². The van der Waals surface area contributed by atoms with Crippen LogP contribution >= 0.6 is 0 Å². The monoisotopic (exact) mass is 240 g/mol. The van der Waals surface area contributed by atoms with Crippen LogP contribution in [0.1, 0.15) is 24.9 Å². The first-order chi connectivity index (χ1) is 8.06. The number of nitrogens with zero attached hydrogens (tertiary/aromatic N) is 1. The minimum Gasteiger partial charge on any atom is -0.311 e. The Bertz CT molecular complexity index is 462. The molecule has 17 heavy (non-hydrogen) atoms. The largest absolute Gasteiger partial charge is 0.311 e. The standard InChI is InChI=1S/C12H14F2N2O/c1-3-4-15-10-8-5-7(13)6-9(14)11(8)16(2)12(10)17/h5-6,10,15H,3-4H2,1-2H3. The minimum absolute atomic E-state index is 0.171. The van der Waals surface area contributed by atoms with Gasteiger partial charge in [0.05, 0.1) is 5.69 Å². The quantitative estimate of drug-likeness (QED) is 0.876. The zero-order valence-electron chi connectivity index (χ0n) is 9.76. The number of fused-ring (bicyclic) bond motifs is 1. The molecule has 0 fully saturated rings. The maximum Gasteiger partial charge on any atom is 0.248 e. The van der Waals surface area contributed by atoms with Gasteiger partial charge in [-0.2, -0.15) is 0 Å². The van der Waals surface area contributed by atoms with E-state index < -0.39 is 17.7 Å². The molecule has 1 unspecified atom stereocenters. The summed E-state index contributed by atoms with van der Waals surface area (Å²) in [4.78, 5) is 13.1. The number of hydrogen-bond donors (Lipinski definition) is 1. The maximum atomic E-state index is 13.6. The molecule has 0 bridgehead atoms. The molecular weight excluding hydrogens is 226 g/mol. The van der Waals surface area contributed by atoms with Gasteiger partial charge in [-0.25, -0.2) is 8.78 Å². The number of halogens is 2. The number of hydrogen-bond acceptors (Lipinski definition) is 2. The Balaban J connectivity index is 2.44. The third-order valence-corrected chi connectivity index (χ3v) is 2.88. The van der Waals surface area contributed by atoms with E-state index in [1.807, 2.05) is 6.92 Å². The second kappa shape index (κ2) is 4.41. The lowest BCUT2D eigenvalue weighted by Crippen LogP contribution is -2.32. The van der Waals surface area contributed by atoms with Crippen molar-refractivity contribution in [2.24, 2.45) is 0 Å². The van der Waals surface area contributed by atoms with Gasteiger partial charge in [0.1, 0.15) is 17.7 Å². The summed E-state index contributed by atoms with van der Waals surface area (Å²) >= 11 is 0. The molecule has 1 aromatic carbocycles. The number of carbonyl (C=O) groups is 1. The Hall–Kier alpha value is -1.49. The fraction of sp³-hybridized carbons (Fsp3) is 0.417. The van der Waals surface area contributed by atoms with Crippen molar-refractivity contribution in [1.82, 2.24) is 5.32 Å². The zero-order valence-corrected chi connectivity index (χ0v) is 9.76. The maximum absolute atomic E-state index is 13.6. The highest BCUT2D eigenvalue weighted by molar-refractivity contribution is 6.04. The molecule has 92 valence electrons. The molecule has 1 heterocycles. The molecule has 1 atom stereocenters. The molecule has 0 saturated heterocycles. The molecule has 1 amide bonds. The van der Waals surface area contributed by atoms with Gasteiger partial charge in [-0.05, 0) is 19.0 Å². The highest BCUT2D eigenvalue weighted by atomic mass is 19.1. The van der Waals surface area contributed by atoms with E-state index in [9.17, 15) is 13.6 Å². The number of carbonyl (C=O) groups excluding carboxylic acids is 1. The molecule has 0 aliphatic carbocycles. The van der Waals surface area contributed by atoms with E-state index in [2.05, 4.69) is 5.32 Å². The van der Waals surface area contributed by atoms with Crippen LogP contribution in [0, 0.1) is 11.6 Å². The summed E-state index contributed by atoms with van der Waals surface area (Å²) in [5.74, 6) is -1.61. The molecular formula is C12H14F2N2O. The smallest absolute Gasteiger partial charge is 0.248 e. The SMILES string of the molecule is CCCNC1C(=O)N(C)c2c(F)cc(F)cc21. The molecule has 2 rings (SSSR count). The Kier molecular flexibility index (Phi) is 3.11. The number of nitrogens with one attached hydrogen (secondary N) is 1. The van der Waals surface area contributed by atoms with Crippen LogP contribution in [-0.2, 0) is 4.79 Å². The molecule has 1 aromatic rings. The van der Waals surface area contributed by atoms with Gasteiger partial charge in [-0.15, -0.1) is 0 Å². The van der Waals surface area contributed by atoms with Crippen molar-refractivity contribution in [2.75, 3.05) is 18.5 Å². The molecule has 0 radical (unpaired) electrons. The van der Waals surface area contributed by atoms with E-state index in [-0.39, 0.29) is 11.6 Å². The van der Waals surface area contributed by atoms with Crippen molar-refractivity contribution in [3.63, 3.8) is 0 Å². The third-order valence-electron chi connectivity index (χ3n) is 2.88. The number of amides is 1. The molecule has 0 spiro atoms. The van der Waals surface area contributed by atoms with E-state index in [4.69, 9.17) is 0 Å². The van der Waals surface area contributed by atoms with Crippen LogP contribution in [-0.4, -0.2) is 19.5 Å². The summed E-state index contributed by atoms with van der Waals surface area (Å²) in [7, 11) is 1.50. The summed E-state index contributed by atoms with van der Waals surface area (Å²) < 4.78 is 26.8. The third kappa shape index (κ3) is 1.91. The van der Waals surface area contributed by atoms with Crippen molar-refractivity contribution in [2.45, 2.75) is 19.4 Å². The molecule has 1 N–H and O–H groups in total. The van der Waals surface area contributed by atoms with Crippen molar-refractivity contribution < 1.29 is 13.6 Å². The zero-order chi connectivity index (χ0) is 12.6. The van der Waals surface area contributed by atoms with Gasteiger partial charge in [0.15, 0.2) is 0 Å². The lowest BCUT2D eigenvalue weighted by Gasteiger charge is -2.11. The van der Waals surface area contributed by atoms with Crippen LogP contribution in [0.25, 0.3) is 0 Å². The van der Waals surface area contributed by atoms with Gasteiger partial charge in [0, 0.05) is 18.7 Å². The van der Waals surface area contributed by atoms with E-state index >= 15 is 0 Å². The lowest BCUT2D eigenvalue weighted by atomic mass is 10.1. The van der Waals surface area contributed by atoms with Gasteiger partial charge in [-0.1, -0.05) is 6.92 Å². The average Bonchev–Trinajstić information content (AvgIpc) is 2.49. The lowest BCUT2D eigenvalue weighted by molar-refractivity contribution is -0.119. The highest BCUT2D eigenvalue weighted by Gasteiger charge is 2.37. The van der Waals surface area contributed by atoms with E-state index in [0.29, 0.717) is 12.1 Å². The van der Waals surface area contributed by atoms with E-state index in [1.165, 1.54) is 18.0 Å². The first-order valence-corrected chi connectivity index (χ1v) is 5.56. The first-order valence-electron chi connectivity index (χ1n) is 5.56. The Morgan fingerprint density at radius 3 is 2.76 bits per heavy atom. The predicted molar refractivity (Wildman–Crippen MR) is 60.8 cm³/mol. The summed E-state index contributed by atoms with van der Waals surface area (Å²) in [6.45, 7) is 2.59. The summed E-state index contributed by atoms with van der Waals surface area (Å²) in [5.41, 5.74) is 0.549. The van der Waals surface area contributed by atoms with Crippen LogP contribution in [0.4, 0.5) is 14.5 Å². The van der Waals surface area contributed by atoms with Gasteiger partial charge in [-0.3, -0.25) is 4.79 Å². The Morgan fingerprint density at radius 1 is 1.41 bits per heavy atom. The molecule has 0 aromatic heterocycles. The van der Waals surface area contributed by atoms with Gasteiger partial charge in [0.2, 0.25) is 5.91 Å². The van der Waals surface area contributed by atoms with Gasteiger partial charge >= 0.3 is 0 Å². The molecule has 1 aliphatic heterocycles. The van der Waals surface area contributed by atoms with Crippen molar-refractivity contribution in [3.8, 4) is 0 Å². The van der Waals surface area contributed by atoms with Gasteiger partial charge < -0.3 is 10.2 Å². The Labute approximate surface area is 98.4 Å². The number of likely N-dealkylation sites (N-methyl/N-ethyl adjacent to an activating group) is 1. The van der Waals surface area contributed by atoms with Crippen molar-refractivity contribution in [3.05, 3.63) is 29.3 Å². The average molecular weight is 240 g/mol. The van der Waals surface area contributed by atoms with Crippen molar-refractivity contribution in [1.29, 1.82) is 0 Å². The molecule has 0 saturated carbocycles. The van der Waals surface area contributed by atoms with Crippen LogP contribution in [0.15, 0.2) is 12.1 Å². The topological polar surface area (TPSA) is 32.3 Å². The van der Waals surface area contributed by atoms with Crippen molar-refractivity contribution >= 4 is 11.6 Å². The summed E-state index contributed by atoms with van der Waals surface area (Å²) in [6.07, 6.45) is 0.848. The minimum atomic E-state index is -0.698. The van der Waals surface area contributed by atoms with Crippen LogP contribution < -0.4 is 10.2 Å². The second-order valence-corrected chi connectivity index (χ2v) is 4.11. The van der Waals surface area contributed by atoms with Crippen LogP contribution in [0.3, 0.4) is 0 Å². The first kappa shape index (κ1) is 12.0. The predicted octanol–water partition coefficient (Wildman–Crippen LogP) is 1.98. The highest BCUT2D eigenvalue weighted by Crippen LogP contribution is 2.37. The van der Waals surface area contributed by atoms with E-state index in [0.717, 1.165) is 12.5 Å². The van der Waals surface area contributed by atoms with E-state index in [1.54, 1.807) is 0 Å². The molecule has 5 heteroatoms. The van der Waals surface area contributed by atoms with Crippen LogP contribution in [0.5, 0.6) is 0 Å². The molecule has 1 aliphatic rings. The summed E-state index contributed by atoms with van der Waals surface area (Å²) in [6, 6.07) is 1.37. The number of anilines is 1. The molecule has 3 nitrogen and oxygen atoms in total. The fourth-order valence-corrected chi connectivity index (χ4v) is 2.08. The summed E-state index contributed by atoms with van der Waals surface area (Å²) in [5, 5.41) is 3.00. The normalized spacial score (nSPS) is 18.7. The fourth-order valence-electron chi connectivity index (χ4n) is 2.08. The Morgan fingerprint density at radius 2 is 2.12 bits per heavy atom.